The zero-order chi connectivity index (χ0) is 13.7. The summed E-state index contributed by atoms with van der Waals surface area (Å²) in [5.74, 6) is 1.01. The smallest absolute Gasteiger partial charge is 0.105 e. The molecule has 1 heterocycles. The maximum atomic E-state index is 5.44. The molecule has 1 N–H and O–H groups in total. The summed E-state index contributed by atoms with van der Waals surface area (Å²) in [6, 6.07) is 11.1. The van der Waals surface area contributed by atoms with Crippen molar-refractivity contribution >= 4 is 22.6 Å². The first-order chi connectivity index (χ1) is 9.20. The minimum atomic E-state index is 0.332. The van der Waals surface area contributed by atoms with E-state index in [4.69, 9.17) is 4.42 Å². The van der Waals surface area contributed by atoms with E-state index in [1.165, 1.54) is 14.7 Å². The zero-order valence-corrected chi connectivity index (χ0v) is 13.6. The normalized spacial score (nSPS) is 12.6. The Kier molecular flexibility index (Phi) is 5.45. The average Bonchev–Trinajstić information content (AvgIpc) is 2.83. The van der Waals surface area contributed by atoms with Crippen LogP contribution in [0.25, 0.3) is 0 Å². The molecule has 0 fully saturated rings. The molecule has 2 aromatic rings. The summed E-state index contributed by atoms with van der Waals surface area (Å²) < 4.78 is 6.72. The standard InChI is InChI=1S/C16H20INO/c1-3-9-18-16(15-8-10-19-12(15)2)11-13-4-6-14(17)7-5-13/h4-8,10,16,18H,3,9,11H2,1-2H3. The number of furan rings is 1. The summed E-state index contributed by atoms with van der Waals surface area (Å²) in [7, 11) is 0. The Bertz CT molecular complexity index is 504. The van der Waals surface area contributed by atoms with Gasteiger partial charge in [0.15, 0.2) is 0 Å². The molecule has 102 valence electrons. The van der Waals surface area contributed by atoms with Gasteiger partial charge in [-0.2, -0.15) is 0 Å². The number of hydrogen-bond donors (Lipinski definition) is 1. The third-order valence-electron chi connectivity index (χ3n) is 3.27. The van der Waals surface area contributed by atoms with Gasteiger partial charge in [0.25, 0.3) is 0 Å². The molecule has 1 aromatic carbocycles. The quantitative estimate of drug-likeness (QED) is 0.760. The Balaban J connectivity index is 2.14. The molecule has 1 unspecified atom stereocenters. The second-order valence-electron chi connectivity index (χ2n) is 4.77. The van der Waals surface area contributed by atoms with Crippen LogP contribution in [0.15, 0.2) is 41.0 Å². The third-order valence-corrected chi connectivity index (χ3v) is 3.99. The molecular formula is C16H20INO. The van der Waals surface area contributed by atoms with E-state index >= 15 is 0 Å². The predicted octanol–water partition coefficient (Wildman–Crippen LogP) is 4.48. The van der Waals surface area contributed by atoms with E-state index < -0.39 is 0 Å². The van der Waals surface area contributed by atoms with Gasteiger partial charge in [-0.25, -0.2) is 0 Å². The van der Waals surface area contributed by atoms with Crippen molar-refractivity contribution in [3.05, 3.63) is 57.1 Å². The molecule has 0 saturated heterocycles. The van der Waals surface area contributed by atoms with E-state index in [2.05, 4.69) is 65.2 Å². The van der Waals surface area contributed by atoms with E-state index in [1.54, 1.807) is 6.26 Å². The van der Waals surface area contributed by atoms with Crippen molar-refractivity contribution in [3.8, 4) is 0 Å². The second kappa shape index (κ2) is 7.10. The van der Waals surface area contributed by atoms with Gasteiger partial charge in [-0.3, -0.25) is 0 Å². The van der Waals surface area contributed by atoms with Gasteiger partial charge in [-0.15, -0.1) is 0 Å². The fourth-order valence-corrected chi connectivity index (χ4v) is 2.58. The Morgan fingerprint density at radius 1 is 1.21 bits per heavy atom. The minimum absolute atomic E-state index is 0.332. The van der Waals surface area contributed by atoms with Crippen molar-refractivity contribution < 1.29 is 4.42 Å². The summed E-state index contributed by atoms with van der Waals surface area (Å²) >= 11 is 2.34. The van der Waals surface area contributed by atoms with Crippen LogP contribution in [0.1, 0.15) is 36.3 Å². The SMILES string of the molecule is CCCNC(Cc1ccc(I)cc1)c1ccoc1C. The summed E-state index contributed by atoms with van der Waals surface area (Å²) in [5, 5.41) is 3.61. The van der Waals surface area contributed by atoms with E-state index in [9.17, 15) is 0 Å². The van der Waals surface area contributed by atoms with Crippen molar-refractivity contribution in [1.29, 1.82) is 0 Å². The number of aryl methyl sites for hydroxylation is 1. The molecule has 0 aliphatic rings. The average molecular weight is 369 g/mol. The highest BCUT2D eigenvalue weighted by molar-refractivity contribution is 14.1. The van der Waals surface area contributed by atoms with Gasteiger partial charge in [0.1, 0.15) is 5.76 Å². The van der Waals surface area contributed by atoms with E-state index in [-0.39, 0.29) is 0 Å². The lowest BCUT2D eigenvalue weighted by molar-refractivity contribution is 0.494. The lowest BCUT2D eigenvalue weighted by Crippen LogP contribution is -2.24. The van der Waals surface area contributed by atoms with Crippen LogP contribution in [0.5, 0.6) is 0 Å². The topological polar surface area (TPSA) is 25.2 Å². The summed E-state index contributed by atoms with van der Waals surface area (Å²) in [4.78, 5) is 0. The fourth-order valence-electron chi connectivity index (χ4n) is 2.22. The van der Waals surface area contributed by atoms with Crippen LogP contribution in [0, 0.1) is 10.5 Å². The molecule has 2 rings (SSSR count). The van der Waals surface area contributed by atoms with Crippen molar-refractivity contribution in [3.63, 3.8) is 0 Å². The molecule has 0 aliphatic heterocycles. The maximum Gasteiger partial charge on any atom is 0.105 e. The third kappa shape index (κ3) is 4.08. The van der Waals surface area contributed by atoms with Gasteiger partial charge in [-0.05, 0) is 72.7 Å². The molecule has 1 atom stereocenters. The Hall–Kier alpha value is -0.810. The lowest BCUT2D eigenvalue weighted by atomic mass is 9.99. The minimum Gasteiger partial charge on any atom is -0.469 e. The summed E-state index contributed by atoms with van der Waals surface area (Å²) in [6.45, 7) is 5.25. The van der Waals surface area contributed by atoms with Gasteiger partial charge < -0.3 is 9.73 Å². The van der Waals surface area contributed by atoms with Gasteiger partial charge in [0, 0.05) is 15.2 Å². The first-order valence-corrected chi connectivity index (χ1v) is 7.80. The number of halogens is 1. The highest BCUT2D eigenvalue weighted by Crippen LogP contribution is 2.23. The molecule has 19 heavy (non-hydrogen) atoms. The van der Waals surface area contributed by atoms with Crippen molar-refractivity contribution in [2.24, 2.45) is 0 Å². The second-order valence-corrected chi connectivity index (χ2v) is 6.02. The van der Waals surface area contributed by atoms with Crippen LogP contribution in [0.4, 0.5) is 0 Å². The van der Waals surface area contributed by atoms with Crippen molar-refractivity contribution in [1.82, 2.24) is 5.32 Å². The molecule has 0 amide bonds. The van der Waals surface area contributed by atoms with Gasteiger partial charge in [0.2, 0.25) is 0 Å². The number of nitrogens with one attached hydrogen (secondary N) is 1. The van der Waals surface area contributed by atoms with Crippen LogP contribution in [-0.2, 0) is 6.42 Å². The van der Waals surface area contributed by atoms with Gasteiger partial charge in [-0.1, -0.05) is 19.1 Å². The lowest BCUT2D eigenvalue weighted by Gasteiger charge is -2.18. The summed E-state index contributed by atoms with van der Waals surface area (Å²) in [6.07, 6.45) is 3.91. The molecule has 0 radical (unpaired) electrons. The van der Waals surface area contributed by atoms with Crippen LogP contribution < -0.4 is 5.32 Å². The van der Waals surface area contributed by atoms with Crippen molar-refractivity contribution in [2.75, 3.05) is 6.54 Å². The largest absolute Gasteiger partial charge is 0.469 e. The zero-order valence-electron chi connectivity index (χ0n) is 11.4. The Morgan fingerprint density at radius 3 is 2.53 bits per heavy atom. The Morgan fingerprint density at radius 2 is 1.95 bits per heavy atom. The Labute approximate surface area is 128 Å². The molecule has 0 spiro atoms. The van der Waals surface area contributed by atoms with E-state index in [0.717, 1.165) is 25.1 Å². The molecule has 1 aromatic heterocycles. The highest BCUT2D eigenvalue weighted by atomic mass is 127. The van der Waals surface area contributed by atoms with Crippen LogP contribution in [0.3, 0.4) is 0 Å². The molecule has 3 heteroatoms. The molecule has 0 bridgehead atoms. The first kappa shape index (κ1) is 14.6. The number of benzene rings is 1. The molecule has 0 saturated carbocycles. The van der Waals surface area contributed by atoms with Gasteiger partial charge in [0.05, 0.1) is 6.26 Å². The highest BCUT2D eigenvalue weighted by Gasteiger charge is 2.15. The molecule has 2 nitrogen and oxygen atoms in total. The van der Waals surface area contributed by atoms with Gasteiger partial charge >= 0.3 is 0 Å². The predicted molar refractivity (Wildman–Crippen MR) is 87.3 cm³/mol. The summed E-state index contributed by atoms with van der Waals surface area (Å²) in [5.41, 5.74) is 2.63. The molecule has 0 aliphatic carbocycles. The number of hydrogen-bond acceptors (Lipinski definition) is 2. The first-order valence-electron chi connectivity index (χ1n) is 6.72. The number of rotatable bonds is 6. The van der Waals surface area contributed by atoms with Crippen LogP contribution in [0.2, 0.25) is 0 Å². The molecular weight excluding hydrogens is 349 g/mol. The fraction of sp³-hybridized carbons (Fsp3) is 0.375. The van der Waals surface area contributed by atoms with Crippen LogP contribution >= 0.6 is 22.6 Å². The van der Waals surface area contributed by atoms with E-state index in [0.29, 0.717) is 6.04 Å². The monoisotopic (exact) mass is 369 g/mol. The van der Waals surface area contributed by atoms with E-state index in [1.807, 2.05) is 6.92 Å². The van der Waals surface area contributed by atoms with Crippen LogP contribution in [-0.4, -0.2) is 6.54 Å². The van der Waals surface area contributed by atoms with Crippen molar-refractivity contribution in [2.45, 2.75) is 32.7 Å². The maximum absolute atomic E-state index is 5.44.